The molecule has 2 aromatic carbocycles. The summed E-state index contributed by atoms with van der Waals surface area (Å²) >= 11 is 0. The molecule has 0 aliphatic rings. The quantitative estimate of drug-likeness (QED) is 0.622. The number of nitrogens with zero attached hydrogens (tertiary/aromatic N) is 1. The highest BCUT2D eigenvalue weighted by molar-refractivity contribution is 7.90. The molecule has 10 heteroatoms. The molecule has 1 aromatic heterocycles. The second-order valence-corrected chi connectivity index (χ2v) is 7.75. The molecule has 0 aliphatic heterocycles. The lowest BCUT2D eigenvalue weighted by Crippen LogP contribution is -2.01. The van der Waals surface area contributed by atoms with E-state index >= 15 is 0 Å². The van der Waals surface area contributed by atoms with Crippen LogP contribution in [0, 0.1) is 11.6 Å². The Hall–Kier alpha value is -3.40. The molecule has 0 fully saturated rings. The molecule has 0 saturated carbocycles. The topological polar surface area (TPSA) is 118 Å². The number of rotatable bonds is 5. The van der Waals surface area contributed by atoms with Gasteiger partial charge in [-0.3, -0.25) is 0 Å². The molecular formula is C18H15F2N3O4S. The summed E-state index contributed by atoms with van der Waals surface area (Å²) in [6.07, 6.45) is 2.24. The Bertz CT molecular complexity index is 1120. The van der Waals surface area contributed by atoms with E-state index in [-0.39, 0.29) is 33.6 Å². The average Bonchev–Trinajstić information content (AvgIpc) is 2.62. The lowest BCUT2D eigenvalue weighted by Gasteiger charge is -2.14. The van der Waals surface area contributed by atoms with Crippen LogP contribution in [0.3, 0.4) is 0 Å². The number of aromatic nitrogens is 1. The van der Waals surface area contributed by atoms with E-state index in [2.05, 4.69) is 4.98 Å². The van der Waals surface area contributed by atoms with Crippen molar-refractivity contribution in [2.45, 2.75) is 5.03 Å². The average molecular weight is 407 g/mol. The summed E-state index contributed by atoms with van der Waals surface area (Å²) in [6.45, 7) is 0. The minimum absolute atomic E-state index is 0.0273. The van der Waals surface area contributed by atoms with Crippen LogP contribution < -0.4 is 20.9 Å². The molecule has 3 rings (SSSR count). The largest absolute Gasteiger partial charge is 0.456 e. The zero-order valence-corrected chi connectivity index (χ0v) is 15.3. The molecule has 28 heavy (non-hydrogen) atoms. The summed E-state index contributed by atoms with van der Waals surface area (Å²) in [7, 11) is -3.45. The van der Waals surface area contributed by atoms with E-state index in [1.54, 1.807) is 0 Å². The van der Waals surface area contributed by atoms with E-state index in [4.69, 9.17) is 20.9 Å². The van der Waals surface area contributed by atoms with Crippen molar-refractivity contribution in [1.29, 1.82) is 0 Å². The standard InChI is InChI=1S/C18H15F2N3O4S/c1-28(24,25)16-6-5-10(9-23-16)26-11-7-14(21)17(22)15(8-11)27-18-12(19)3-2-4-13(18)20/h2-9H,21-22H2,1H3. The smallest absolute Gasteiger partial charge is 0.198 e. The van der Waals surface area contributed by atoms with Gasteiger partial charge in [0.2, 0.25) is 0 Å². The SMILES string of the molecule is CS(=O)(=O)c1ccc(Oc2cc(N)c(N)c(Oc3c(F)cccc3F)c2)cn1. The van der Waals surface area contributed by atoms with Crippen LogP contribution in [0.4, 0.5) is 20.2 Å². The number of para-hydroxylation sites is 1. The van der Waals surface area contributed by atoms with Crippen molar-refractivity contribution in [2.75, 3.05) is 17.7 Å². The van der Waals surface area contributed by atoms with Gasteiger partial charge in [-0.05, 0) is 24.3 Å². The number of nitrogens with two attached hydrogens (primary N) is 2. The van der Waals surface area contributed by atoms with Crippen molar-refractivity contribution in [1.82, 2.24) is 4.98 Å². The normalized spacial score (nSPS) is 11.2. The Morgan fingerprint density at radius 2 is 1.64 bits per heavy atom. The van der Waals surface area contributed by atoms with Crippen LogP contribution in [-0.4, -0.2) is 19.7 Å². The third-order valence-electron chi connectivity index (χ3n) is 3.60. The summed E-state index contributed by atoms with van der Waals surface area (Å²) in [5.74, 6) is -2.22. The number of hydrogen-bond donors (Lipinski definition) is 2. The van der Waals surface area contributed by atoms with Crippen LogP contribution >= 0.6 is 0 Å². The van der Waals surface area contributed by atoms with E-state index in [0.717, 1.165) is 18.4 Å². The lowest BCUT2D eigenvalue weighted by molar-refractivity contribution is 0.405. The van der Waals surface area contributed by atoms with Gasteiger partial charge < -0.3 is 20.9 Å². The van der Waals surface area contributed by atoms with Gasteiger partial charge in [0, 0.05) is 18.4 Å². The molecule has 7 nitrogen and oxygen atoms in total. The molecule has 4 N–H and O–H groups in total. The first-order chi connectivity index (χ1) is 13.1. The molecule has 0 bridgehead atoms. The highest BCUT2D eigenvalue weighted by Crippen LogP contribution is 2.38. The molecule has 0 unspecified atom stereocenters. The molecule has 0 saturated heterocycles. The van der Waals surface area contributed by atoms with Crippen LogP contribution in [0.25, 0.3) is 0 Å². The number of benzene rings is 2. The number of ether oxygens (including phenoxy) is 2. The monoisotopic (exact) mass is 407 g/mol. The molecule has 1 heterocycles. The number of hydrogen-bond acceptors (Lipinski definition) is 7. The number of halogens is 2. The lowest BCUT2D eigenvalue weighted by atomic mass is 10.2. The van der Waals surface area contributed by atoms with Crippen LogP contribution in [0.1, 0.15) is 0 Å². The molecule has 0 radical (unpaired) electrons. The predicted octanol–water partition coefficient (Wildman–Crippen LogP) is 3.51. The third kappa shape index (κ3) is 4.12. The van der Waals surface area contributed by atoms with Gasteiger partial charge >= 0.3 is 0 Å². The van der Waals surface area contributed by atoms with E-state index in [0.29, 0.717) is 0 Å². The van der Waals surface area contributed by atoms with Gasteiger partial charge in [0.15, 0.2) is 38.0 Å². The number of sulfone groups is 1. The van der Waals surface area contributed by atoms with Crippen molar-refractivity contribution in [3.63, 3.8) is 0 Å². The van der Waals surface area contributed by atoms with Gasteiger partial charge in [-0.1, -0.05) is 6.07 Å². The first-order valence-electron chi connectivity index (χ1n) is 7.80. The second-order valence-electron chi connectivity index (χ2n) is 5.78. The van der Waals surface area contributed by atoms with Gasteiger partial charge in [-0.15, -0.1) is 0 Å². The summed E-state index contributed by atoms with van der Waals surface area (Å²) in [6, 6.07) is 8.61. The van der Waals surface area contributed by atoms with Crippen molar-refractivity contribution < 1.29 is 26.7 Å². The number of nitrogen functional groups attached to an aromatic ring is 2. The van der Waals surface area contributed by atoms with Crippen molar-refractivity contribution in [3.8, 4) is 23.0 Å². The summed E-state index contributed by atoms with van der Waals surface area (Å²) < 4.78 is 61.4. The second kappa shape index (κ2) is 7.31. The fraction of sp³-hybridized carbons (Fsp3) is 0.0556. The fourth-order valence-electron chi connectivity index (χ4n) is 2.24. The van der Waals surface area contributed by atoms with Gasteiger partial charge in [-0.25, -0.2) is 22.2 Å². The Morgan fingerprint density at radius 1 is 0.964 bits per heavy atom. The Kier molecular flexibility index (Phi) is 5.06. The van der Waals surface area contributed by atoms with Crippen LogP contribution in [0.2, 0.25) is 0 Å². The van der Waals surface area contributed by atoms with E-state index in [1.165, 1.54) is 36.5 Å². The highest BCUT2D eigenvalue weighted by atomic mass is 32.2. The van der Waals surface area contributed by atoms with Gasteiger partial charge in [0.05, 0.1) is 17.6 Å². The summed E-state index contributed by atoms with van der Waals surface area (Å²) in [5.41, 5.74) is 11.7. The minimum Gasteiger partial charge on any atom is -0.456 e. The first kappa shape index (κ1) is 19.4. The summed E-state index contributed by atoms with van der Waals surface area (Å²) in [5, 5.41) is -0.115. The van der Waals surface area contributed by atoms with Crippen molar-refractivity contribution in [2.24, 2.45) is 0 Å². The highest BCUT2D eigenvalue weighted by Gasteiger charge is 2.16. The van der Waals surface area contributed by atoms with Crippen molar-refractivity contribution in [3.05, 3.63) is 60.3 Å². The van der Waals surface area contributed by atoms with Crippen LogP contribution in [0.5, 0.6) is 23.0 Å². The zero-order valence-electron chi connectivity index (χ0n) is 14.5. The Balaban J connectivity index is 1.91. The molecule has 0 spiro atoms. The Labute approximate surface area is 159 Å². The maximum Gasteiger partial charge on any atom is 0.198 e. The molecule has 0 atom stereocenters. The fourth-order valence-corrected chi connectivity index (χ4v) is 2.80. The van der Waals surface area contributed by atoms with E-state index in [1.807, 2.05) is 0 Å². The molecular weight excluding hydrogens is 392 g/mol. The van der Waals surface area contributed by atoms with Crippen molar-refractivity contribution >= 4 is 21.2 Å². The van der Waals surface area contributed by atoms with Crippen LogP contribution in [-0.2, 0) is 9.84 Å². The maximum absolute atomic E-state index is 13.8. The van der Waals surface area contributed by atoms with E-state index in [9.17, 15) is 17.2 Å². The zero-order chi connectivity index (χ0) is 20.5. The summed E-state index contributed by atoms with van der Waals surface area (Å²) in [4.78, 5) is 3.80. The van der Waals surface area contributed by atoms with Gasteiger partial charge in [0.25, 0.3) is 0 Å². The number of anilines is 2. The molecule has 3 aromatic rings. The first-order valence-corrected chi connectivity index (χ1v) is 9.69. The van der Waals surface area contributed by atoms with Gasteiger partial charge in [0.1, 0.15) is 11.5 Å². The van der Waals surface area contributed by atoms with Gasteiger partial charge in [-0.2, -0.15) is 0 Å². The van der Waals surface area contributed by atoms with Crippen LogP contribution in [0.15, 0.2) is 53.7 Å². The minimum atomic E-state index is -3.45. The molecule has 146 valence electrons. The predicted molar refractivity (Wildman–Crippen MR) is 99.1 cm³/mol. The molecule has 0 amide bonds. The number of pyridine rings is 1. The molecule has 0 aliphatic carbocycles. The Morgan fingerprint density at radius 3 is 2.21 bits per heavy atom. The third-order valence-corrected chi connectivity index (χ3v) is 4.60. The maximum atomic E-state index is 13.8. The van der Waals surface area contributed by atoms with E-state index < -0.39 is 27.2 Å².